The third-order valence-corrected chi connectivity index (χ3v) is 3.22. The molecule has 0 saturated carbocycles. The maximum Gasteiger partial charge on any atom is 0.271 e. The maximum absolute atomic E-state index is 12.1. The van der Waals surface area contributed by atoms with Crippen LogP contribution in [0.3, 0.4) is 0 Å². The number of nitrogens with zero attached hydrogens (tertiary/aromatic N) is 2. The number of nitrogens with one attached hydrogen (secondary N) is 1. The Bertz CT molecular complexity index is 677. The molecule has 22 heavy (non-hydrogen) atoms. The summed E-state index contributed by atoms with van der Waals surface area (Å²) in [5.74, 6) is 1.18. The molecule has 0 aliphatic heterocycles. The van der Waals surface area contributed by atoms with E-state index in [1.165, 1.54) is 0 Å². The summed E-state index contributed by atoms with van der Waals surface area (Å²) in [7, 11) is 5.00. The standard InChI is InChI=1S/C16H21N3O3/c1-10(2)17-16(20)13-9-14(19(3)18-13)12-7-6-11(21-4)8-15(12)22-5/h6-10H,1-5H3,(H,17,20). The van der Waals surface area contributed by atoms with E-state index in [9.17, 15) is 4.79 Å². The highest BCUT2D eigenvalue weighted by Gasteiger charge is 2.17. The first-order valence-electron chi connectivity index (χ1n) is 7.03. The van der Waals surface area contributed by atoms with Crippen LogP contribution >= 0.6 is 0 Å². The fourth-order valence-electron chi connectivity index (χ4n) is 2.18. The van der Waals surface area contributed by atoms with Gasteiger partial charge in [0, 0.05) is 24.7 Å². The first-order chi connectivity index (χ1) is 10.5. The predicted molar refractivity (Wildman–Crippen MR) is 84.4 cm³/mol. The average molecular weight is 303 g/mol. The highest BCUT2D eigenvalue weighted by molar-refractivity contribution is 5.93. The van der Waals surface area contributed by atoms with Crippen molar-refractivity contribution < 1.29 is 14.3 Å². The normalized spacial score (nSPS) is 10.6. The second-order valence-corrected chi connectivity index (χ2v) is 5.23. The van der Waals surface area contributed by atoms with Crippen LogP contribution in [0.25, 0.3) is 11.3 Å². The molecule has 1 N–H and O–H groups in total. The maximum atomic E-state index is 12.1. The van der Waals surface area contributed by atoms with Crippen LogP contribution < -0.4 is 14.8 Å². The van der Waals surface area contributed by atoms with Gasteiger partial charge in [0.15, 0.2) is 5.69 Å². The second-order valence-electron chi connectivity index (χ2n) is 5.23. The van der Waals surface area contributed by atoms with E-state index in [-0.39, 0.29) is 11.9 Å². The molecular formula is C16H21N3O3. The molecule has 0 unspecified atom stereocenters. The highest BCUT2D eigenvalue weighted by atomic mass is 16.5. The zero-order valence-corrected chi connectivity index (χ0v) is 13.5. The number of aromatic nitrogens is 2. The fraction of sp³-hybridized carbons (Fsp3) is 0.375. The number of amides is 1. The van der Waals surface area contributed by atoms with Crippen LogP contribution in [0.2, 0.25) is 0 Å². The lowest BCUT2D eigenvalue weighted by Crippen LogP contribution is -2.30. The summed E-state index contributed by atoms with van der Waals surface area (Å²) in [6, 6.07) is 7.35. The van der Waals surface area contributed by atoms with E-state index in [2.05, 4.69) is 10.4 Å². The molecule has 0 bridgehead atoms. The van der Waals surface area contributed by atoms with E-state index >= 15 is 0 Å². The minimum absolute atomic E-state index is 0.0634. The molecule has 0 radical (unpaired) electrons. The van der Waals surface area contributed by atoms with Crippen molar-refractivity contribution in [1.29, 1.82) is 0 Å². The fourth-order valence-corrected chi connectivity index (χ4v) is 2.18. The molecule has 118 valence electrons. The number of carbonyl (C=O) groups excluding carboxylic acids is 1. The Hall–Kier alpha value is -2.50. The number of ether oxygens (including phenoxy) is 2. The molecule has 0 aliphatic carbocycles. The molecule has 1 amide bonds. The van der Waals surface area contributed by atoms with Crippen LogP contribution in [0.5, 0.6) is 11.5 Å². The molecule has 6 heteroatoms. The van der Waals surface area contributed by atoms with Gasteiger partial charge in [-0.1, -0.05) is 0 Å². The molecule has 0 saturated heterocycles. The molecule has 6 nitrogen and oxygen atoms in total. The lowest BCUT2D eigenvalue weighted by Gasteiger charge is -2.10. The summed E-state index contributed by atoms with van der Waals surface area (Å²) in [6.07, 6.45) is 0. The lowest BCUT2D eigenvalue weighted by atomic mass is 10.1. The van der Waals surface area contributed by atoms with Crippen molar-refractivity contribution in [2.75, 3.05) is 14.2 Å². The van der Waals surface area contributed by atoms with Crippen LogP contribution in [0, 0.1) is 0 Å². The van der Waals surface area contributed by atoms with Gasteiger partial charge in [0.2, 0.25) is 0 Å². The Morgan fingerprint density at radius 3 is 2.55 bits per heavy atom. The smallest absolute Gasteiger partial charge is 0.271 e. The minimum atomic E-state index is -0.190. The van der Waals surface area contributed by atoms with E-state index in [1.807, 2.05) is 26.0 Å². The van der Waals surface area contributed by atoms with Gasteiger partial charge >= 0.3 is 0 Å². The number of carbonyl (C=O) groups is 1. The van der Waals surface area contributed by atoms with E-state index in [4.69, 9.17) is 9.47 Å². The van der Waals surface area contributed by atoms with Crippen LogP contribution in [-0.4, -0.2) is 35.9 Å². The number of hydrogen-bond donors (Lipinski definition) is 1. The van der Waals surface area contributed by atoms with E-state index in [1.54, 1.807) is 38.1 Å². The van der Waals surface area contributed by atoms with Gasteiger partial charge in [-0.2, -0.15) is 5.10 Å². The number of aryl methyl sites for hydroxylation is 1. The summed E-state index contributed by atoms with van der Waals surface area (Å²) >= 11 is 0. The van der Waals surface area contributed by atoms with E-state index in [0.717, 1.165) is 11.3 Å². The van der Waals surface area contributed by atoms with Gasteiger partial charge < -0.3 is 14.8 Å². The van der Waals surface area contributed by atoms with Crippen LogP contribution in [-0.2, 0) is 7.05 Å². The van der Waals surface area contributed by atoms with Crippen molar-refractivity contribution in [3.05, 3.63) is 30.0 Å². The van der Waals surface area contributed by atoms with Crippen molar-refractivity contribution >= 4 is 5.91 Å². The van der Waals surface area contributed by atoms with Crippen molar-refractivity contribution in [1.82, 2.24) is 15.1 Å². The quantitative estimate of drug-likeness (QED) is 0.920. The molecule has 2 rings (SSSR count). The summed E-state index contributed by atoms with van der Waals surface area (Å²) in [4.78, 5) is 12.1. The summed E-state index contributed by atoms with van der Waals surface area (Å²) in [5.41, 5.74) is 2.03. The van der Waals surface area contributed by atoms with E-state index < -0.39 is 0 Å². The van der Waals surface area contributed by atoms with Crippen molar-refractivity contribution in [2.24, 2.45) is 7.05 Å². The largest absolute Gasteiger partial charge is 0.497 e. The lowest BCUT2D eigenvalue weighted by molar-refractivity contribution is 0.0937. The SMILES string of the molecule is COc1ccc(-c2cc(C(=O)NC(C)C)nn2C)c(OC)c1. The number of methoxy groups -OCH3 is 2. The molecule has 1 heterocycles. The molecule has 0 atom stereocenters. The van der Waals surface area contributed by atoms with Gasteiger partial charge in [-0.3, -0.25) is 9.48 Å². The molecule has 1 aromatic carbocycles. The molecule has 0 spiro atoms. The summed E-state index contributed by atoms with van der Waals surface area (Å²) in [5, 5.41) is 7.11. The van der Waals surface area contributed by atoms with Crippen LogP contribution in [0.15, 0.2) is 24.3 Å². The number of hydrogen-bond acceptors (Lipinski definition) is 4. The first kappa shape index (κ1) is 15.9. The highest BCUT2D eigenvalue weighted by Crippen LogP contribution is 2.33. The van der Waals surface area contributed by atoms with Crippen molar-refractivity contribution in [2.45, 2.75) is 19.9 Å². The third-order valence-electron chi connectivity index (χ3n) is 3.22. The zero-order valence-electron chi connectivity index (χ0n) is 13.5. The van der Waals surface area contributed by atoms with Crippen LogP contribution in [0.1, 0.15) is 24.3 Å². The Labute approximate surface area is 130 Å². The number of rotatable bonds is 5. The van der Waals surface area contributed by atoms with Crippen LogP contribution in [0.4, 0.5) is 0 Å². The minimum Gasteiger partial charge on any atom is -0.497 e. The van der Waals surface area contributed by atoms with Crippen molar-refractivity contribution in [3.8, 4) is 22.8 Å². The summed E-state index contributed by atoms with van der Waals surface area (Å²) in [6.45, 7) is 3.82. The van der Waals surface area contributed by atoms with Gasteiger partial charge in [0.25, 0.3) is 5.91 Å². The first-order valence-corrected chi connectivity index (χ1v) is 7.03. The van der Waals surface area contributed by atoms with Gasteiger partial charge in [-0.15, -0.1) is 0 Å². The predicted octanol–water partition coefficient (Wildman–Crippen LogP) is 2.24. The second kappa shape index (κ2) is 6.51. The number of benzene rings is 1. The third kappa shape index (κ3) is 3.21. The van der Waals surface area contributed by atoms with Gasteiger partial charge in [0.1, 0.15) is 11.5 Å². The Balaban J connectivity index is 2.41. The Kier molecular flexibility index (Phi) is 4.70. The van der Waals surface area contributed by atoms with Gasteiger partial charge in [-0.05, 0) is 32.0 Å². The summed E-state index contributed by atoms with van der Waals surface area (Å²) < 4.78 is 12.3. The average Bonchev–Trinajstić information content (AvgIpc) is 2.87. The van der Waals surface area contributed by atoms with Gasteiger partial charge in [0.05, 0.1) is 19.9 Å². The van der Waals surface area contributed by atoms with Gasteiger partial charge in [-0.25, -0.2) is 0 Å². The monoisotopic (exact) mass is 303 g/mol. The van der Waals surface area contributed by atoms with E-state index in [0.29, 0.717) is 17.2 Å². The molecule has 0 fully saturated rings. The molecular weight excluding hydrogens is 282 g/mol. The molecule has 1 aromatic heterocycles. The topological polar surface area (TPSA) is 65.4 Å². The van der Waals surface area contributed by atoms with Crippen molar-refractivity contribution in [3.63, 3.8) is 0 Å². The molecule has 2 aromatic rings. The Morgan fingerprint density at radius 1 is 1.23 bits per heavy atom. The zero-order chi connectivity index (χ0) is 16.3. The Morgan fingerprint density at radius 2 is 1.95 bits per heavy atom. The molecule has 0 aliphatic rings.